The molecule has 1 aromatic rings. The first kappa shape index (κ1) is 11.4. The van der Waals surface area contributed by atoms with Crippen LogP contribution in [0.25, 0.3) is 0 Å². The molecule has 4 nitrogen and oxygen atoms in total. The van der Waals surface area contributed by atoms with E-state index in [0.29, 0.717) is 5.69 Å². The number of rotatable bonds is 1. The van der Waals surface area contributed by atoms with Crippen molar-refractivity contribution in [3.05, 3.63) is 24.3 Å². The van der Waals surface area contributed by atoms with Gasteiger partial charge in [0.15, 0.2) is 0 Å². The van der Waals surface area contributed by atoms with Gasteiger partial charge in [-0.1, -0.05) is 12.1 Å². The van der Waals surface area contributed by atoms with Crippen LogP contribution >= 0.6 is 0 Å². The normalized spacial score (nSPS) is 9.60. The number of hydrogen-bond acceptors (Lipinski definition) is 2. The Bertz CT molecular complexity index is 345. The molecule has 0 amide bonds. The number of guanidine groups is 1. The molecule has 0 atom stereocenters. The van der Waals surface area contributed by atoms with Crippen molar-refractivity contribution in [3.8, 4) is 0 Å². The van der Waals surface area contributed by atoms with Crippen molar-refractivity contribution in [2.75, 3.05) is 33.9 Å². The molecular weight excluding hydrogens is 188 g/mol. The minimum absolute atomic E-state index is 0.693. The number of nitrogens with zero attached hydrogens (tertiary/aromatic N) is 3. The third kappa shape index (κ3) is 2.87. The van der Waals surface area contributed by atoms with Crippen LogP contribution < -0.4 is 5.73 Å². The van der Waals surface area contributed by atoms with E-state index in [0.717, 1.165) is 11.6 Å². The van der Waals surface area contributed by atoms with Gasteiger partial charge >= 0.3 is 0 Å². The fraction of sp³-hybridized carbons (Fsp3) is 0.364. The maximum absolute atomic E-state index is 5.83. The van der Waals surface area contributed by atoms with E-state index in [-0.39, 0.29) is 0 Å². The van der Waals surface area contributed by atoms with E-state index < -0.39 is 0 Å². The molecule has 0 unspecified atom stereocenters. The Morgan fingerprint density at radius 1 is 1.07 bits per heavy atom. The van der Waals surface area contributed by atoms with Crippen molar-refractivity contribution in [3.63, 3.8) is 0 Å². The van der Waals surface area contributed by atoms with E-state index in [9.17, 15) is 0 Å². The molecule has 0 saturated carbocycles. The lowest BCUT2D eigenvalue weighted by atomic mass is 10.3. The van der Waals surface area contributed by atoms with Gasteiger partial charge in [0, 0.05) is 28.2 Å². The third-order valence-electron chi connectivity index (χ3n) is 1.96. The Labute approximate surface area is 91.0 Å². The fourth-order valence-electron chi connectivity index (χ4n) is 1.30. The van der Waals surface area contributed by atoms with Gasteiger partial charge in [-0.15, -0.1) is 0 Å². The van der Waals surface area contributed by atoms with Gasteiger partial charge in [0.25, 0.3) is 0 Å². The van der Waals surface area contributed by atoms with Crippen molar-refractivity contribution in [2.45, 2.75) is 0 Å². The van der Waals surface area contributed by atoms with E-state index in [1.54, 1.807) is 0 Å². The lowest BCUT2D eigenvalue weighted by Crippen LogP contribution is -2.35. The quantitative estimate of drug-likeness (QED) is 0.429. The molecule has 82 valence electrons. The maximum Gasteiger partial charge on any atom is 0.200 e. The summed E-state index contributed by atoms with van der Waals surface area (Å²) in [6, 6.07) is 7.58. The molecule has 2 N–H and O–H groups in total. The van der Waals surface area contributed by atoms with Crippen molar-refractivity contribution < 1.29 is 0 Å². The van der Waals surface area contributed by atoms with Gasteiger partial charge in [0.1, 0.15) is 0 Å². The highest BCUT2D eigenvalue weighted by Gasteiger charge is 2.05. The minimum Gasteiger partial charge on any atom is -0.397 e. The zero-order chi connectivity index (χ0) is 11.4. The topological polar surface area (TPSA) is 44.9 Å². The summed E-state index contributed by atoms with van der Waals surface area (Å²) in [7, 11) is 7.83. The van der Waals surface area contributed by atoms with Gasteiger partial charge in [-0.3, -0.25) is 0 Å². The molecule has 1 rings (SSSR count). The number of anilines is 1. The molecule has 0 bridgehead atoms. The number of nitrogens with two attached hydrogens (primary N) is 1. The Balaban J connectivity index is 3.08. The predicted molar refractivity (Wildman–Crippen MR) is 65.3 cm³/mol. The molecule has 4 heteroatoms. The molecule has 0 aliphatic carbocycles. The summed E-state index contributed by atoms with van der Waals surface area (Å²) < 4.78 is 0. The number of para-hydroxylation sites is 2. The molecule has 0 radical (unpaired) electrons. The molecule has 0 spiro atoms. The zero-order valence-corrected chi connectivity index (χ0v) is 9.73. The Kier molecular flexibility index (Phi) is 3.55. The largest absolute Gasteiger partial charge is 0.397 e. The highest BCUT2D eigenvalue weighted by molar-refractivity contribution is 5.84. The maximum atomic E-state index is 5.83. The van der Waals surface area contributed by atoms with E-state index in [2.05, 4.69) is 4.99 Å². The number of nitrogen functional groups attached to an aromatic ring is 1. The molecule has 15 heavy (non-hydrogen) atoms. The van der Waals surface area contributed by atoms with Crippen LogP contribution in [0.1, 0.15) is 0 Å². The Morgan fingerprint density at radius 3 is 2.07 bits per heavy atom. The summed E-state index contributed by atoms with van der Waals surface area (Å²) >= 11 is 0. The fourth-order valence-corrected chi connectivity index (χ4v) is 1.30. The van der Waals surface area contributed by atoms with Crippen LogP contribution in [-0.2, 0) is 0 Å². The van der Waals surface area contributed by atoms with Crippen LogP contribution in [0, 0.1) is 0 Å². The van der Waals surface area contributed by atoms with Crippen LogP contribution in [0.2, 0.25) is 0 Å². The molecule has 0 aliphatic heterocycles. The van der Waals surface area contributed by atoms with Crippen LogP contribution in [0.4, 0.5) is 11.4 Å². The van der Waals surface area contributed by atoms with E-state index in [4.69, 9.17) is 5.73 Å². The average molecular weight is 206 g/mol. The first-order valence-corrected chi connectivity index (χ1v) is 4.80. The van der Waals surface area contributed by atoms with Gasteiger partial charge in [-0.2, -0.15) is 0 Å². The number of aliphatic imine (C=N–C) groups is 1. The van der Waals surface area contributed by atoms with Gasteiger partial charge in [0.05, 0.1) is 11.4 Å². The average Bonchev–Trinajstić information content (AvgIpc) is 2.15. The molecule has 0 heterocycles. The molecule has 1 aromatic carbocycles. The SMILES string of the molecule is CN(C)C(=Nc1ccccc1N)N(C)C. The van der Waals surface area contributed by atoms with Gasteiger partial charge in [-0.05, 0) is 12.1 Å². The van der Waals surface area contributed by atoms with E-state index >= 15 is 0 Å². The van der Waals surface area contributed by atoms with Gasteiger partial charge in [-0.25, -0.2) is 4.99 Å². The first-order valence-electron chi connectivity index (χ1n) is 4.80. The second kappa shape index (κ2) is 4.68. The van der Waals surface area contributed by atoms with Crippen molar-refractivity contribution >= 4 is 17.3 Å². The van der Waals surface area contributed by atoms with Crippen LogP contribution in [0.15, 0.2) is 29.3 Å². The first-order chi connectivity index (χ1) is 7.02. The molecule has 0 aliphatic rings. The van der Waals surface area contributed by atoms with Crippen molar-refractivity contribution in [1.29, 1.82) is 0 Å². The summed E-state index contributed by atoms with van der Waals surface area (Å²) in [4.78, 5) is 8.40. The highest BCUT2D eigenvalue weighted by atomic mass is 15.3. The molecule has 0 aromatic heterocycles. The summed E-state index contributed by atoms with van der Waals surface area (Å²) in [5.74, 6) is 0.868. The monoisotopic (exact) mass is 206 g/mol. The summed E-state index contributed by atoms with van der Waals surface area (Å²) in [6.45, 7) is 0. The number of benzene rings is 1. The second-order valence-electron chi connectivity index (χ2n) is 3.76. The summed E-state index contributed by atoms with van der Waals surface area (Å²) in [5, 5.41) is 0. The van der Waals surface area contributed by atoms with Crippen molar-refractivity contribution in [2.24, 2.45) is 4.99 Å². The Hall–Kier alpha value is -1.71. The highest BCUT2D eigenvalue weighted by Crippen LogP contribution is 2.21. The van der Waals surface area contributed by atoms with E-state index in [1.165, 1.54) is 0 Å². The Morgan fingerprint density at radius 2 is 1.60 bits per heavy atom. The van der Waals surface area contributed by atoms with Crippen LogP contribution in [0.3, 0.4) is 0 Å². The second-order valence-corrected chi connectivity index (χ2v) is 3.76. The minimum atomic E-state index is 0.693. The lowest BCUT2D eigenvalue weighted by Gasteiger charge is -2.22. The molecular formula is C11H18N4. The third-order valence-corrected chi connectivity index (χ3v) is 1.96. The smallest absolute Gasteiger partial charge is 0.200 e. The summed E-state index contributed by atoms with van der Waals surface area (Å²) in [6.07, 6.45) is 0. The molecule has 0 saturated heterocycles. The predicted octanol–water partition coefficient (Wildman–Crippen LogP) is 1.38. The van der Waals surface area contributed by atoms with Gasteiger partial charge < -0.3 is 15.5 Å². The number of hydrogen-bond donors (Lipinski definition) is 1. The van der Waals surface area contributed by atoms with E-state index in [1.807, 2.05) is 62.3 Å². The summed E-state index contributed by atoms with van der Waals surface area (Å²) in [5.41, 5.74) is 7.32. The zero-order valence-electron chi connectivity index (χ0n) is 9.73. The van der Waals surface area contributed by atoms with Crippen LogP contribution in [-0.4, -0.2) is 44.0 Å². The van der Waals surface area contributed by atoms with Gasteiger partial charge in [0.2, 0.25) is 5.96 Å². The standard InChI is InChI=1S/C11H18N4/c1-14(2)11(15(3)4)13-10-8-6-5-7-9(10)12/h5-8H,12H2,1-4H3. The van der Waals surface area contributed by atoms with Crippen molar-refractivity contribution in [1.82, 2.24) is 9.80 Å². The molecule has 0 fully saturated rings. The lowest BCUT2D eigenvalue weighted by molar-refractivity contribution is 0.484. The van der Waals surface area contributed by atoms with Crippen LogP contribution in [0.5, 0.6) is 0 Å².